The van der Waals surface area contributed by atoms with Gasteiger partial charge in [0.15, 0.2) is 0 Å². The highest BCUT2D eigenvalue weighted by molar-refractivity contribution is 4.72. The van der Waals surface area contributed by atoms with E-state index < -0.39 is 0 Å². The summed E-state index contributed by atoms with van der Waals surface area (Å²) >= 11 is 0. The normalized spacial score (nSPS) is 14.4. The molecule has 1 unspecified atom stereocenters. The minimum atomic E-state index is 0.334. The molecule has 0 heterocycles. The molecule has 0 spiro atoms. The van der Waals surface area contributed by atoms with E-state index >= 15 is 0 Å². The lowest BCUT2D eigenvalue weighted by atomic mass is 10.0. The van der Waals surface area contributed by atoms with Gasteiger partial charge in [0, 0.05) is 18.6 Å². The first-order chi connectivity index (χ1) is 6.51. The fourth-order valence-corrected chi connectivity index (χ4v) is 2.11. The Morgan fingerprint density at radius 1 is 1.14 bits per heavy atom. The minimum absolute atomic E-state index is 0.334. The largest absolute Gasteiger partial charge is 0.327 e. The van der Waals surface area contributed by atoms with Crippen LogP contribution in [0, 0.1) is 5.92 Å². The van der Waals surface area contributed by atoms with Gasteiger partial charge in [0.2, 0.25) is 0 Å². The quantitative estimate of drug-likeness (QED) is 0.684. The third-order valence-electron chi connectivity index (χ3n) is 2.86. The highest BCUT2D eigenvalue weighted by Crippen LogP contribution is 2.09. The Bertz CT molecular complexity index is 130. The van der Waals surface area contributed by atoms with Crippen LogP contribution in [0.15, 0.2) is 0 Å². The van der Waals surface area contributed by atoms with Gasteiger partial charge in [-0.15, -0.1) is 0 Å². The molecular weight excluding hydrogens is 172 g/mol. The summed E-state index contributed by atoms with van der Waals surface area (Å²) in [4.78, 5) is 2.41. The van der Waals surface area contributed by atoms with Gasteiger partial charge in [-0.25, -0.2) is 0 Å². The Morgan fingerprint density at radius 2 is 1.64 bits per heavy atom. The molecule has 0 rings (SSSR count). The van der Waals surface area contributed by atoms with Crippen molar-refractivity contribution in [3.63, 3.8) is 0 Å². The molecule has 0 saturated carbocycles. The first kappa shape index (κ1) is 13.9. The number of hydrogen-bond acceptors (Lipinski definition) is 2. The van der Waals surface area contributed by atoms with Crippen molar-refractivity contribution < 1.29 is 0 Å². The van der Waals surface area contributed by atoms with Crippen LogP contribution < -0.4 is 5.73 Å². The van der Waals surface area contributed by atoms with E-state index in [9.17, 15) is 0 Å². The van der Waals surface area contributed by atoms with Crippen molar-refractivity contribution in [1.82, 2.24) is 4.90 Å². The van der Waals surface area contributed by atoms with Crippen molar-refractivity contribution in [2.75, 3.05) is 13.6 Å². The average molecular weight is 200 g/mol. The molecular formula is C12H28N2. The maximum Gasteiger partial charge on any atom is 0.0170 e. The molecule has 0 radical (unpaired) electrons. The topological polar surface area (TPSA) is 29.3 Å². The Labute approximate surface area is 89.9 Å². The second-order valence-corrected chi connectivity index (χ2v) is 4.80. The zero-order chi connectivity index (χ0) is 11.1. The predicted molar refractivity (Wildman–Crippen MR) is 64.4 cm³/mol. The average Bonchev–Trinajstić information content (AvgIpc) is 2.04. The van der Waals surface area contributed by atoms with Crippen molar-refractivity contribution >= 4 is 0 Å². The van der Waals surface area contributed by atoms with Gasteiger partial charge in [-0.05, 0) is 32.2 Å². The van der Waals surface area contributed by atoms with Gasteiger partial charge in [-0.3, -0.25) is 0 Å². The van der Waals surface area contributed by atoms with Crippen molar-refractivity contribution in [3.05, 3.63) is 0 Å². The molecule has 0 aliphatic rings. The highest BCUT2D eigenvalue weighted by atomic mass is 15.1. The van der Waals surface area contributed by atoms with E-state index in [0.29, 0.717) is 18.0 Å². The van der Waals surface area contributed by atoms with E-state index in [2.05, 4.69) is 39.6 Å². The summed E-state index contributed by atoms with van der Waals surface area (Å²) in [6, 6.07) is 1.04. The van der Waals surface area contributed by atoms with Gasteiger partial charge in [-0.2, -0.15) is 0 Å². The molecule has 0 saturated heterocycles. The molecule has 0 aliphatic heterocycles. The van der Waals surface area contributed by atoms with Crippen LogP contribution in [0.1, 0.15) is 47.0 Å². The number of likely N-dealkylation sites (N-methyl/N-ethyl adjacent to an activating group) is 1. The maximum absolute atomic E-state index is 6.08. The molecule has 2 nitrogen and oxygen atoms in total. The van der Waals surface area contributed by atoms with Crippen LogP contribution in [0.2, 0.25) is 0 Å². The van der Waals surface area contributed by atoms with Crippen LogP contribution in [-0.2, 0) is 0 Å². The van der Waals surface area contributed by atoms with E-state index in [0.717, 1.165) is 13.0 Å². The number of rotatable bonds is 7. The third kappa shape index (κ3) is 5.61. The predicted octanol–water partition coefficient (Wildman–Crippen LogP) is 2.48. The molecule has 2 heteroatoms. The molecule has 1 atom stereocenters. The molecule has 0 bridgehead atoms. The fourth-order valence-electron chi connectivity index (χ4n) is 2.11. The van der Waals surface area contributed by atoms with Crippen molar-refractivity contribution in [2.24, 2.45) is 11.7 Å². The smallest absolute Gasteiger partial charge is 0.0170 e. The van der Waals surface area contributed by atoms with Crippen LogP contribution in [-0.4, -0.2) is 30.6 Å². The molecule has 14 heavy (non-hydrogen) atoms. The molecule has 0 aliphatic carbocycles. The highest BCUT2D eigenvalue weighted by Gasteiger charge is 2.14. The fraction of sp³-hybridized carbons (Fsp3) is 1.00. The van der Waals surface area contributed by atoms with Gasteiger partial charge in [0.1, 0.15) is 0 Å². The number of nitrogens with zero attached hydrogens (tertiary/aromatic N) is 1. The number of hydrogen-bond donors (Lipinski definition) is 1. The Kier molecular flexibility index (Phi) is 7.20. The van der Waals surface area contributed by atoms with E-state index in [1.807, 2.05) is 0 Å². The van der Waals surface area contributed by atoms with Gasteiger partial charge in [0.25, 0.3) is 0 Å². The maximum atomic E-state index is 6.08. The van der Waals surface area contributed by atoms with Gasteiger partial charge in [0.05, 0.1) is 0 Å². The van der Waals surface area contributed by atoms with Crippen molar-refractivity contribution in [3.8, 4) is 0 Å². The lowest BCUT2D eigenvalue weighted by Crippen LogP contribution is -2.41. The SMILES string of the molecule is CCC(CC)N(C)CC(N)CC(C)C. The Morgan fingerprint density at radius 3 is 2.00 bits per heavy atom. The zero-order valence-corrected chi connectivity index (χ0v) is 10.6. The summed E-state index contributed by atoms with van der Waals surface area (Å²) < 4.78 is 0. The molecule has 0 aromatic heterocycles. The summed E-state index contributed by atoms with van der Waals surface area (Å²) in [5.41, 5.74) is 6.08. The second kappa shape index (κ2) is 7.24. The summed E-state index contributed by atoms with van der Waals surface area (Å²) in [6.07, 6.45) is 3.58. The van der Waals surface area contributed by atoms with E-state index in [1.165, 1.54) is 12.8 Å². The third-order valence-corrected chi connectivity index (χ3v) is 2.86. The number of nitrogens with two attached hydrogens (primary N) is 1. The second-order valence-electron chi connectivity index (χ2n) is 4.80. The van der Waals surface area contributed by atoms with Gasteiger partial charge < -0.3 is 10.6 Å². The standard InChI is InChI=1S/C12H28N2/c1-6-12(7-2)14(5)9-11(13)8-10(3)4/h10-12H,6-9,13H2,1-5H3. The molecule has 2 N–H and O–H groups in total. The van der Waals surface area contributed by atoms with Crippen LogP contribution in [0.3, 0.4) is 0 Å². The van der Waals surface area contributed by atoms with Crippen LogP contribution in [0.4, 0.5) is 0 Å². The minimum Gasteiger partial charge on any atom is -0.327 e. The van der Waals surface area contributed by atoms with Crippen molar-refractivity contribution in [1.29, 1.82) is 0 Å². The first-order valence-corrected chi connectivity index (χ1v) is 5.97. The van der Waals surface area contributed by atoms with Crippen molar-refractivity contribution in [2.45, 2.75) is 59.0 Å². The summed E-state index contributed by atoms with van der Waals surface area (Å²) in [6.45, 7) is 10.00. The van der Waals surface area contributed by atoms with Gasteiger partial charge >= 0.3 is 0 Å². The lowest BCUT2D eigenvalue weighted by molar-refractivity contribution is 0.209. The van der Waals surface area contributed by atoms with E-state index in [-0.39, 0.29) is 0 Å². The molecule has 86 valence electrons. The Balaban J connectivity index is 3.84. The first-order valence-electron chi connectivity index (χ1n) is 5.97. The van der Waals surface area contributed by atoms with Crippen LogP contribution >= 0.6 is 0 Å². The summed E-state index contributed by atoms with van der Waals surface area (Å²) in [7, 11) is 2.19. The van der Waals surface area contributed by atoms with E-state index in [1.54, 1.807) is 0 Å². The zero-order valence-electron chi connectivity index (χ0n) is 10.6. The Hall–Kier alpha value is -0.0800. The molecule has 0 amide bonds. The lowest BCUT2D eigenvalue weighted by Gasteiger charge is -2.29. The van der Waals surface area contributed by atoms with Crippen LogP contribution in [0.25, 0.3) is 0 Å². The van der Waals surface area contributed by atoms with E-state index in [4.69, 9.17) is 5.73 Å². The summed E-state index contributed by atoms with van der Waals surface area (Å²) in [5, 5.41) is 0. The molecule has 0 fully saturated rings. The molecule has 0 aromatic rings. The van der Waals surface area contributed by atoms with Gasteiger partial charge in [-0.1, -0.05) is 27.7 Å². The molecule has 0 aromatic carbocycles. The van der Waals surface area contributed by atoms with Crippen LogP contribution in [0.5, 0.6) is 0 Å². The summed E-state index contributed by atoms with van der Waals surface area (Å²) in [5.74, 6) is 0.708. The monoisotopic (exact) mass is 200 g/mol.